The zero-order valence-corrected chi connectivity index (χ0v) is 17.9. The van der Waals surface area contributed by atoms with E-state index < -0.39 is 22.6 Å². The summed E-state index contributed by atoms with van der Waals surface area (Å²) < 4.78 is 18.4. The maximum atomic E-state index is 13.2. The van der Waals surface area contributed by atoms with E-state index in [1.54, 1.807) is 0 Å². The van der Waals surface area contributed by atoms with E-state index >= 15 is 0 Å². The van der Waals surface area contributed by atoms with E-state index in [0.717, 1.165) is 12.1 Å². The van der Waals surface area contributed by atoms with Gasteiger partial charge in [-0.05, 0) is 54.1 Å². The third-order valence-corrected chi connectivity index (χ3v) is 4.63. The molecule has 0 saturated heterocycles. The van der Waals surface area contributed by atoms with Gasteiger partial charge in [0.1, 0.15) is 17.3 Å². The van der Waals surface area contributed by atoms with Crippen LogP contribution in [0.25, 0.3) is 6.08 Å². The fourth-order valence-electron chi connectivity index (χ4n) is 2.83. The van der Waals surface area contributed by atoms with Crippen LogP contribution < -0.4 is 15.4 Å². The molecule has 2 N–H and O–H groups in total. The number of methoxy groups -OCH3 is 1. The molecule has 8 nitrogen and oxygen atoms in total. The molecule has 0 atom stereocenters. The lowest BCUT2D eigenvalue weighted by Gasteiger charge is -2.13. The van der Waals surface area contributed by atoms with Gasteiger partial charge in [-0.25, -0.2) is 4.39 Å². The third kappa shape index (κ3) is 6.14. The van der Waals surface area contributed by atoms with Crippen molar-refractivity contribution in [3.05, 3.63) is 105 Å². The minimum Gasteiger partial charge on any atom is -0.496 e. The van der Waals surface area contributed by atoms with Gasteiger partial charge in [0.05, 0.1) is 17.6 Å². The van der Waals surface area contributed by atoms with Crippen molar-refractivity contribution in [2.45, 2.75) is 0 Å². The lowest BCUT2D eigenvalue weighted by atomic mass is 10.1. The number of benzene rings is 3. The van der Waals surface area contributed by atoms with Crippen LogP contribution in [0.4, 0.5) is 15.8 Å². The maximum Gasteiger partial charge on any atom is 0.272 e. The first-order valence-corrected chi connectivity index (χ1v) is 9.82. The number of carbonyl (C=O) groups is 2. The van der Waals surface area contributed by atoms with Crippen molar-refractivity contribution in [3.8, 4) is 5.75 Å². The van der Waals surface area contributed by atoms with Gasteiger partial charge in [-0.3, -0.25) is 19.7 Å². The van der Waals surface area contributed by atoms with Crippen LogP contribution in [0.3, 0.4) is 0 Å². The Morgan fingerprint density at radius 3 is 2.48 bits per heavy atom. The number of nitrogens with zero attached hydrogens (tertiary/aromatic N) is 1. The molecule has 168 valence electrons. The monoisotopic (exact) mass is 469 g/mol. The molecule has 0 bridgehead atoms. The van der Waals surface area contributed by atoms with E-state index in [1.807, 2.05) is 0 Å². The molecule has 0 spiro atoms. The Kier molecular flexibility index (Phi) is 7.37. The molecule has 0 aliphatic rings. The fraction of sp³-hybridized carbons (Fsp3) is 0.0435. The quantitative estimate of drug-likeness (QED) is 0.293. The Morgan fingerprint density at radius 1 is 1.09 bits per heavy atom. The predicted octanol–water partition coefficient (Wildman–Crippen LogP) is 4.81. The molecule has 0 aromatic heterocycles. The van der Waals surface area contributed by atoms with E-state index in [4.69, 9.17) is 16.3 Å². The van der Waals surface area contributed by atoms with Gasteiger partial charge in [-0.15, -0.1) is 0 Å². The summed E-state index contributed by atoms with van der Waals surface area (Å²) in [4.78, 5) is 36.4. The fourth-order valence-corrected chi connectivity index (χ4v) is 3.00. The van der Waals surface area contributed by atoms with E-state index in [9.17, 15) is 24.1 Å². The second-order valence-corrected chi connectivity index (χ2v) is 7.11. The number of rotatable bonds is 7. The maximum absolute atomic E-state index is 13.2. The standard InChI is InChI=1S/C23H17ClFN3O5/c1-33-21-10-5-15(24)13-19(21)22(29)27-20(12-14-3-2-4-18(11-14)28(31)32)23(30)26-17-8-6-16(25)7-9-17/h2-13H,1H3,(H,26,30)(H,27,29)/b20-12-. The van der Waals surface area contributed by atoms with Gasteiger partial charge in [0.15, 0.2) is 0 Å². The van der Waals surface area contributed by atoms with Crippen molar-refractivity contribution in [1.82, 2.24) is 5.32 Å². The summed E-state index contributed by atoms with van der Waals surface area (Å²) in [6.45, 7) is 0. The number of halogens is 2. The first-order chi connectivity index (χ1) is 15.8. The van der Waals surface area contributed by atoms with E-state index in [2.05, 4.69) is 10.6 Å². The van der Waals surface area contributed by atoms with Crippen molar-refractivity contribution in [3.63, 3.8) is 0 Å². The number of amides is 2. The topological polar surface area (TPSA) is 111 Å². The number of nitro benzene ring substituents is 1. The normalized spacial score (nSPS) is 10.9. The zero-order chi connectivity index (χ0) is 24.0. The van der Waals surface area contributed by atoms with Gasteiger partial charge < -0.3 is 15.4 Å². The molecule has 0 heterocycles. The van der Waals surface area contributed by atoms with Crippen LogP contribution in [0.1, 0.15) is 15.9 Å². The number of hydrogen-bond donors (Lipinski definition) is 2. The first kappa shape index (κ1) is 23.4. The molecule has 3 aromatic rings. The molecular weight excluding hydrogens is 453 g/mol. The van der Waals surface area contributed by atoms with Gasteiger partial charge in [0, 0.05) is 22.8 Å². The Balaban J connectivity index is 1.97. The molecule has 2 amide bonds. The van der Waals surface area contributed by atoms with Crippen molar-refractivity contribution in [2.24, 2.45) is 0 Å². The predicted molar refractivity (Wildman–Crippen MR) is 122 cm³/mol. The van der Waals surface area contributed by atoms with E-state index in [1.165, 1.54) is 67.8 Å². The van der Waals surface area contributed by atoms with Crippen LogP contribution in [0.5, 0.6) is 5.75 Å². The van der Waals surface area contributed by atoms with Crippen LogP contribution in [-0.2, 0) is 4.79 Å². The molecule has 0 aliphatic carbocycles. The molecule has 33 heavy (non-hydrogen) atoms. The number of nitro groups is 1. The molecule has 0 unspecified atom stereocenters. The third-order valence-electron chi connectivity index (χ3n) is 4.39. The highest BCUT2D eigenvalue weighted by atomic mass is 35.5. The Labute approximate surface area is 192 Å². The van der Waals surface area contributed by atoms with Crippen LogP contribution in [0.2, 0.25) is 5.02 Å². The number of nitrogens with one attached hydrogen (secondary N) is 2. The summed E-state index contributed by atoms with van der Waals surface area (Å²) in [5.74, 6) is -1.69. The van der Waals surface area contributed by atoms with Crippen LogP contribution in [0, 0.1) is 15.9 Å². The van der Waals surface area contributed by atoms with Crippen LogP contribution in [0.15, 0.2) is 72.4 Å². The SMILES string of the molecule is COc1ccc(Cl)cc1C(=O)N/C(=C\c1cccc([N+](=O)[O-])c1)C(=O)Nc1ccc(F)cc1. The first-order valence-electron chi connectivity index (χ1n) is 9.45. The molecule has 0 aliphatic heterocycles. The van der Waals surface area contributed by atoms with Gasteiger partial charge in [0.25, 0.3) is 17.5 Å². The van der Waals surface area contributed by atoms with E-state index in [0.29, 0.717) is 5.56 Å². The molecular formula is C23H17ClFN3O5. The summed E-state index contributed by atoms with van der Waals surface area (Å²) in [6, 6.07) is 15.0. The van der Waals surface area contributed by atoms with Crippen molar-refractivity contribution >= 4 is 40.9 Å². The number of ether oxygens (including phenoxy) is 1. The average Bonchev–Trinajstić information content (AvgIpc) is 2.80. The van der Waals surface area contributed by atoms with Crippen molar-refractivity contribution in [1.29, 1.82) is 0 Å². The summed E-state index contributed by atoms with van der Waals surface area (Å²) in [6.07, 6.45) is 1.28. The van der Waals surface area contributed by atoms with Crippen molar-refractivity contribution < 1.29 is 23.6 Å². The number of non-ortho nitro benzene ring substituents is 1. The molecule has 0 saturated carbocycles. The molecule has 0 fully saturated rings. The molecule has 10 heteroatoms. The molecule has 0 radical (unpaired) electrons. The second kappa shape index (κ2) is 10.4. The molecule has 3 rings (SSSR count). The van der Waals surface area contributed by atoms with Gasteiger partial charge in [-0.2, -0.15) is 0 Å². The highest BCUT2D eigenvalue weighted by Crippen LogP contribution is 2.23. The Morgan fingerprint density at radius 2 is 1.82 bits per heavy atom. The largest absolute Gasteiger partial charge is 0.496 e. The Bertz CT molecular complexity index is 1250. The zero-order valence-electron chi connectivity index (χ0n) is 17.2. The van der Waals surface area contributed by atoms with Crippen LogP contribution >= 0.6 is 11.6 Å². The highest BCUT2D eigenvalue weighted by molar-refractivity contribution is 6.31. The lowest BCUT2D eigenvalue weighted by molar-refractivity contribution is -0.384. The van der Waals surface area contributed by atoms with Crippen molar-refractivity contribution in [2.75, 3.05) is 12.4 Å². The highest BCUT2D eigenvalue weighted by Gasteiger charge is 2.19. The molecule has 3 aromatic carbocycles. The van der Waals surface area contributed by atoms with Crippen LogP contribution in [-0.4, -0.2) is 23.8 Å². The minimum atomic E-state index is -0.734. The Hall–Kier alpha value is -4.24. The summed E-state index contributed by atoms with van der Waals surface area (Å²) in [7, 11) is 1.38. The summed E-state index contributed by atoms with van der Waals surface area (Å²) in [5, 5.41) is 16.4. The number of hydrogen-bond acceptors (Lipinski definition) is 5. The van der Waals surface area contributed by atoms with Gasteiger partial charge in [-0.1, -0.05) is 23.7 Å². The summed E-state index contributed by atoms with van der Waals surface area (Å²) >= 11 is 5.99. The second-order valence-electron chi connectivity index (χ2n) is 6.67. The van der Waals surface area contributed by atoms with Gasteiger partial charge >= 0.3 is 0 Å². The minimum absolute atomic E-state index is 0.0736. The van der Waals surface area contributed by atoms with Gasteiger partial charge in [0.2, 0.25) is 0 Å². The smallest absolute Gasteiger partial charge is 0.272 e. The number of anilines is 1. The average molecular weight is 470 g/mol. The lowest BCUT2D eigenvalue weighted by Crippen LogP contribution is -2.31. The number of carbonyl (C=O) groups excluding carboxylic acids is 2. The summed E-state index contributed by atoms with van der Waals surface area (Å²) in [5.41, 5.74) is 0.244. The van der Waals surface area contributed by atoms with E-state index in [-0.39, 0.29) is 33.4 Å².